The Bertz CT molecular complexity index is 1490. The summed E-state index contributed by atoms with van der Waals surface area (Å²) in [5.41, 5.74) is 2.18. The van der Waals surface area contributed by atoms with Crippen LogP contribution in [0.15, 0.2) is 78.2 Å². The van der Waals surface area contributed by atoms with Crippen molar-refractivity contribution in [1.82, 2.24) is 9.80 Å². The van der Waals surface area contributed by atoms with Crippen LogP contribution in [0.2, 0.25) is 10.0 Å². The molecule has 4 nitrogen and oxygen atoms in total. The first-order chi connectivity index (χ1) is 18.3. The standard InChI is InChI=1S/C29H22Cl2F2N2O2S/c30-19-7-10-21(24(31)15-19)28-23-12-14-38-26(23)11-13-35(28)27(36)17-34(16-18-5-8-20(32)9-6-18)29(37)22-3-1-2-4-25(22)33/h1-10,12,14-15,28H,11,13,16-17H2. The second kappa shape index (κ2) is 11.2. The van der Waals surface area contributed by atoms with Gasteiger partial charge in [-0.1, -0.05) is 53.5 Å². The number of carbonyl (C=O) groups excluding carboxylic acids is 2. The van der Waals surface area contributed by atoms with Crippen molar-refractivity contribution >= 4 is 46.4 Å². The van der Waals surface area contributed by atoms with Crippen LogP contribution in [0.5, 0.6) is 0 Å². The van der Waals surface area contributed by atoms with E-state index in [0.29, 0.717) is 28.6 Å². The van der Waals surface area contributed by atoms with E-state index in [1.54, 1.807) is 34.4 Å². The fourth-order valence-electron chi connectivity index (χ4n) is 4.71. The van der Waals surface area contributed by atoms with E-state index >= 15 is 0 Å². The SMILES string of the molecule is O=C(c1ccccc1F)N(CC(=O)N1CCc2sccc2C1c1ccc(Cl)cc1Cl)Cc1ccc(F)cc1. The first kappa shape index (κ1) is 26.4. The van der Waals surface area contributed by atoms with E-state index < -0.39 is 23.6 Å². The third-order valence-electron chi connectivity index (χ3n) is 6.55. The largest absolute Gasteiger partial charge is 0.330 e. The van der Waals surface area contributed by atoms with Crippen LogP contribution < -0.4 is 0 Å². The number of fused-ring (bicyclic) bond motifs is 1. The lowest BCUT2D eigenvalue weighted by Crippen LogP contribution is -2.46. The van der Waals surface area contributed by atoms with Crippen LogP contribution in [0.4, 0.5) is 8.78 Å². The molecule has 194 valence electrons. The van der Waals surface area contributed by atoms with Crippen molar-refractivity contribution in [3.63, 3.8) is 0 Å². The number of thiophene rings is 1. The zero-order chi connectivity index (χ0) is 26.8. The molecule has 2 heterocycles. The lowest BCUT2D eigenvalue weighted by atomic mass is 9.93. The highest BCUT2D eigenvalue weighted by atomic mass is 35.5. The molecule has 38 heavy (non-hydrogen) atoms. The number of benzene rings is 3. The number of rotatable bonds is 6. The Labute approximate surface area is 233 Å². The Morgan fingerprint density at radius 1 is 0.974 bits per heavy atom. The molecular weight excluding hydrogens is 549 g/mol. The van der Waals surface area contributed by atoms with Crippen molar-refractivity contribution in [2.75, 3.05) is 13.1 Å². The Balaban J connectivity index is 1.49. The lowest BCUT2D eigenvalue weighted by molar-refractivity contribution is -0.134. The monoisotopic (exact) mass is 570 g/mol. The quantitative estimate of drug-likeness (QED) is 0.247. The number of amides is 2. The minimum atomic E-state index is -0.680. The van der Waals surface area contributed by atoms with Gasteiger partial charge in [0.15, 0.2) is 0 Å². The minimum Gasteiger partial charge on any atom is -0.330 e. The van der Waals surface area contributed by atoms with Crippen LogP contribution in [0.1, 0.15) is 38.0 Å². The summed E-state index contributed by atoms with van der Waals surface area (Å²) in [5.74, 6) is -2.04. The number of hydrogen-bond donors (Lipinski definition) is 0. The topological polar surface area (TPSA) is 40.6 Å². The molecule has 1 aromatic heterocycles. The van der Waals surface area contributed by atoms with Gasteiger partial charge in [0.1, 0.15) is 18.2 Å². The highest BCUT2D eigenvalue weighted by Crippen LogP contribution is 2.41. The first-order valence-corrected chi connectivity index (χ1v) is 13.5. The predicted octanol–water partition coefficient (Wildman–Crippen LogP) is 7.15. The van der Waals surface area contributed by atoms with E-state index in [2.05, 4.69) is 0 Å². The van der Waals surface area contributed by atoms with Crippen molar-refractivity contribution in [2.45, 2.75) is 19.0 Å². The molecule has 3 aromatic carbocycles. The van der Waals surface area contributed by atoms with Crippen molar-refractivity contribution in [3.8, 4) is 0 Å². The normalized spacial score (nSPS) is 14.7. The molecule has 0 saturated carbocycles. The second-order valence-electron chi connectivity index (χ2n) is 8.97. The number of nitrogens with zero attached hydrogens (tertiary/aromatic N) is 2. The third-order valence-corrected chi connectivity index (χ3v) is 8.11. The summed E-state index contributed by atoms with van der Waals surface area (Å²) in [6.07, 6.45) is 0.666. The lowest BCUT2D eigenvalue weighted by Gasteiger charge is -2.38. The van der Waals surface area contributed by atoms with Gasteiger partial charge < -0.3 is 9.80 Å². The summed E-state index contributed by atoms with van der Waals surface area (Å²) in [4.78, 5) is 31.5. The van der Waals surface area contributed by atoms with Crippen molar-refractivity contribution in [1.29, 1.82) is 0 Å². The smallest absolute Gasteiger partial charge is 0.257 e. The summed E-state index contributed by atoms with van der Waals surface area (Å²) in [6, 6.07) is 18.0. The van der Waals surface area contributed by atoms with E-state index in [1.165, 1.54) is 47.4 Å². The van der Waals surface area contributed by atoms with Crippen LogP contribution >= 0.6 is 34.5 Å². The average Bonchev–Trinajstić information content (AvgIpc) is 3.38. The van der Waals surface area contributed by atoms with E-state index in [1.807, 2.05) is 17.5 Å². The molecule has 0 fully saturated rings. The van der Waals surface area contributed by atoms with Crippen LogP contribution in [0, 0.1) is 11.6 Å². The van der Waals surface area contributed by atoms with E-state index in [-0.39, 0.29) is 24.6 Å². The van der Waals surface area contributed by atoms with Crippen molar-refractivity contribution < 1.29 is 18.4 Å². The Morgan fingerprint density at radius 3 is 2.47 bits per heavy atom. The maximum atomic E-state index is 14.6. The van der Waals surface area contributed by atoms with E-state index in [9.17, 15) is 18.4 Å². The predicted molar refractivity (Wildman–Crippen MR) is 146 cm³/mol. The van der Waals surface area contributed by atoms with Gasteiger partial charge in [-0.05, 0) is 71.0 Å². The molecule has 1 aliphatic heterocycles. The van der Waals surface area contributed by atoms with E-state index in [0.717, 1.165) is 16.0 Å². The number of carbonyl (C=O) groups is 2. The number of hydrogen-bond acceptors (Lipinski definition) is 3. The van der Waals surface area contributed by atoms with Crippen molar-refractivity contribution in [3.05, 3.63) is 127 Å². The van der Waals surface area contributed by atoms with Gasteiger partial charge in [0.05, 0.1) is 11.6 Å². The zero-order valence-corrected chi connectivity index (χ0v) is 22.4. The van der Waals surface area contributed by atoms with Crippen LogP contribution in [0.25, 0.3) is 0 Å². The van der Waals surface area contributed by atoms with Gasteiger partial charge in [0.25, 0.3) is 5.91 Å². The maximum absolute atomic E-state index is 14.6. The van der Waals surface area contributed by atoms with Crippen molar-refractivity contribution in [2.24, 2.45) is 0 Å². The molecule has 4 aromatic rings. The van der Waals surface area contributed by atoms with Gasteiger partial charge >= 0.3 is 0 Å². The Morgan fingerprint density at radius 2 is 1.74 bits per heavy atom. The highest BCUT2D eigenvalue weighted by Gasteiger charge is 2.35. The molecule has 1 unspecified atom stereocenters. The molecule has 5 rings (SSSR count). The van der Waals surface area contributed by atoms with Gasteiger partial charge in [0.2, 0.25) is 5.91 Å². The molecule has 0 saturated heterocycles. The molecule has 1 atom stereocenters. The van der Waals surface area contributed by atoms with Crippen LogP contribution in [-0.2, 0) is 17.8 Å². The molecule has 9 heteroatoms. The van der Waals surface area contributed by atoms with Gasteiger partial charge in [-0.3, -0.25) is 9.59 Å². The average molecular weight is 571 g/mol. The molecule has 0 N–H and O–H groups in total. The fraction of sp³-hybridized carbons (Fsp3) is 0.172. The molecule has 0 aliphatic carbocycles. The molecule has 0 spiro atoms. The number of halogens is 4. The fourth-order valence-corrected chi connectivity index (χ4v) is 6.13. The van der Waals surface area contributed by atoms with Crippen LogP contribution in [-0.4, -0.2) is 34.7 Å². The zero-order valence-electron chi connectivity index (χ0n) is 20.0. The van der Waals surface area contributed by atoms with Gasteiger partial charge in [-0.25, -0.2) is 8.78 Å². The summed E-state index contributed by atoms with van der Waals surface area (Å²) < 4.78 is 28.1. The third kappa shape index (κ3) is 5.46. The van der Waals surface area contributed by atoms with Gasteiger partial charge in [0, 0.05) is 28.0 Å². The van der Waals surface area contributed by atoms with Gasteiger partial charge in [-0.2, -0.15) is 0 Å². The molecule has 0 radical (unpaired) electrons. The van der Waals surface area contributed by atoms with E-state index in [4.69, 9.17) is 23.2 Å². The van der Waals surface area contributed by atoms with Gasteiger partial charge in [-0.15, -0.1) is 11.3 Å². The molecule has 2 amide bonds. The molecule has 0 bridgehead atoms. The first-order valence-electron chi connectivity index (χ1n) is 11.9. The highest BCUT2D eigenvalue weighted by molar-refractivity contribution is 7.10. The summed E-state index contributed by atoms with van der Waals surface area (Å²) >= 11 is 14.3. The Hall–Kier alpha value is -3.26. The second-order valence-corrected chi connectivity index (χ2v) is 10.8. The Kier molecular flexibility index (Phi) is 7.79. The summed E-state index contributed by atoms with van der Waals surface area (Å²) in [7, 11) is 0. The molecular formula is C29H22Cl2F2N2O2S. The minimum absolute atomic E-state index is 0.00307. The summed E-state index contributed by atoms with van der Waals surface area (Å²) in [6.45, 7) is 0.128. The maximum Gasteiger partial charge on any atom is 0.257 e. The summed E-state index contributed by atoms with van der Waals surface area (Å²) in [5, 5.41) is 2.90. The molecule has 1 aliphatic rings. The van der Waals surface area contributed by atoms with Crippen LogP contribution in [0.3, 0.4) is 0 Å².